The van der Waals surface area contributed by atoms with Crippen LogP contribution in [0.1, 0.15) is 12.0 Å². The Balaban J connectivity index is 2.03. The fourth-order valence-corrected chi connectivity index (χ4v) is 3.39. The summed E-state index contributed by atoms with van der Waals surface area (Å²) in [5.74, 6) is 0.311. The highest BCUT2D eigenvalue weighted by molar-refractivity contribution is 7.88. The average molecular weight is 397 g/mol. The highest BCUT2D eigenvalue weighted by atomic mass is 35.5. The van der Waals surface area contributed by atoms with Gasteiger partial charge in [0.25, 0.3) is 0 Å². The number of nitrogens with zero attached hydrogens (tertiary/aromatic N) is 1. The van der Waals surface area contributed by atoms with Gasteiger partial charge >= 0.3 is 0 Å². The molecule has 0 heterocycles. The fraction of sp³-hybridized carbons (Fsp3) is 0.278. The van der Waals surface area contributed by atoms with E-state index in [1.54, 1.807) is 36.4 Å². The molecular weight excluding hydrogens is 376 g/mol. The summed E-state index contributed by atoms with van der Waals surface area (Å²) >= 11 is 5.88. The fourth-order valence-electron chi connectivity index (χ4n) is 2.40. The number of carbonyl (C=O) groups is 1. The van der Waals surface area contributed by atoms with Gasteiger partial charge in [0, 0.05) is 35.8 Å². The van der Waals surface area contributed by atoms with Crippen molar-refractivity contribution in [1.82, 2.24) is 4.31 Å². The van der Waals surface area contributed by atoms with Crippen LogP contribution >= 0.6 is 11.6 Å². The summed E-state index contributed by atoms with van der Waals surface area (Å²) in [6.45, 7) is 0.191. The Bertz CT molecular complexity index is 871. The van der Waals surface area contributed by atoms with E-state index in [0.29, 0.717) is 16.5 Å². The maximum Gasteiger partial charge on any atom is 0.225 e. The number of anilines is 1. The Kier molecular flexibility index (Phi) is 7.02. The number of hydrogen-bond acceptors (Lipinski definition) is 4. The molecule has 0 fully saturated rings. The molecule has 2 rings (SSSR count). The molecule has 0 aliphatic carbocycles. The Morgan fingerprint density at radius 2 is 1.92 bits per heavy atom. The number of methoxy groups -OCH3 is 1. The number of benzene rings is 2. The van der Waals surface area contributed by atoms with Crippen LogP contribution < -0.4 is 10.1 Å². The van der Waals surface area contributed by atoms with Crippen molar-refractivity contribution in [1.29, 1.82) is 0 Å². The monoisotopic (exact) mass is 396 g/mol. The topological polar surface area (TPSA) is 75.7 Å². The second-order valence-electron chi connectivity index (χ2n) is 5.72. The Morgan fingerprint density at radius 3 is 2.58 bits per heavy atom. The van der Waals surface area contributed by atoms with Crippen molar-refractivity contribution in [3.05, 3.63) is 59.1 Å². The molecule has 8 heteroatoms. The first-order valence-electron chi connectivity index (χ1n) is 7.92. The quantitative estimate of drug-likeness (QED) is 0.743. The normalized spacial score (nSPS) is 11.4. The molecule has 0 unspecified atom stereocenters. The van der Waals surface area contributed by atoms with Gasteiger partial charge in [-0.25, -0.2) is 8.42 Å². The summed E-state index contributed by atoms with van der Waals surface area (Å²) in [6.07, 6.45) is 1.14. The number of sulfonamides is 1. The molecule has 6 nitrogen and oxygen atoms in total. The lowest BCUT2D eigenvalue weighted by Crippen LogP contribution is -2.32. The molecule has 0 bridgehead atoms. The molecule has 2 aromatic rings. The second kappa shape index (κ2) is 9.02. The van der Waals surface area contributed by atoms with Crippen LogP contribution in [0.15, 0.2) is 48.5 Å². The number of carbonyl (C=O) groups excluding carboxylic acids is 1. The van der Waals surface area contributed by atoms with Crippen LogP contribution in [-0.4, -0.2) is 38.5 Å². The van der Waals surface area contributed by atoms with Gasteiger partial charge < -0.3 is 10.1 Å². The zero-order chi connectivity index (χ0) is 19.2. The van der Waals surface area contributed by atoms with E-state index in [2.05, 4.69) is 5.32 Å². The second-order valence-corrected chi connectivity index (χ2v) is 8.14. The van der Waals surface area contributed by atoms with Gasteiger partial charge in [0.05, 0.1) is 13.4 Å². The van der Waals surface area contributed by atoms with Gasteiger partial charge in [0.2, 0.25) is 15.9 Å². The van der Waals surface area contributed by atoms with E-state index in [0.717, 1.165) is 11.8 Å². The summed E-state index contributed by atoms with van der Waals surface area (Å²) in [5, 5.41) is 3.22. The van der Waals surface area contributed by atoms with E-state index in [1.165, 1.54) is 11.4 Å². The zero-order valence-corrected chi connectivity index (χ0v) is 16.2. The first-order valence-corrected chi connectivity index (χ1v) is 10.1. The van der Waals surface area contributed by atoms with Crippen molar-refractivity contribution in [2.45, 2.75) is 13.0 Å². The predicted molar refractivity (Wildman–Crippen MR) is 103 cm³/mol. The minimum absolute atomic E-state index is 0.0226. The van der Waals surface area contributed by atoms with Gasteiger partial charge in [-0.05, 0) is 24.3 Å². The van der Waals surface area contributed by atoms with Gasteiger partial charge in [0.15, 0.2) is 0 Å². The molecule has 140 valence electrons. The Morgan fingerprint density at radius 1 is 1.19 bits per heavy atom. The number of hydrogen-bond donors (Lipinski definition) is 1. The third kappa shape index (κ3) is 6.01. The van der Waals surface area contributed by atoms with Crippen molar-refractivity contribution < 1.29 is 17.9 Å². The maximum absolute atomic E-state index is 12.1. The van der Waals surface area contributed by atoms with E-state index in [1.807, 2.05) is 12.1 Å². The molecule has 0 aliphatic rings. The average Bonchev–Trinajstić information content (AvgIpc) is 2.58. The van der Waals surface area contributed by atoms with Crippen molar-refractivity contribution in [2.75, 3.05) is 25.2 Å². The van der Waals surface area contributed by atoms with Crippen molar-refractivity contribution in [3.63, 3.8) is 0 Å². The summed E-state index contributed by atoms with van der Waals surface area (Å²) in [6, 6.07) is 14.0. The van der Waals surface area contributed by atoms with Gasteiger partial charge in [-0.3, -0.25) is 4.79 Å². The van der Waals surface area contributed by atoms with Crippen LogP contribution in [0.25, 0.3) is 0 Å². The predicted octanol–water partition coefficient (Wildman–Crippen LogP) is 3.14. The number of nitrogens with one attached hydrogen (secondary N) is 1. The maximum atomic E-state index is 12.1. The molecule has 0 saturated carbocycles. The number of halogens is 1. The third-order valence-electron chi connectivity index (χ3n) is 3.70. The number of ether oxygens (including phenoxy) is 1. The first-order chi connectivity index (χ1) is 12.3. The highest BCUT2D eigenvalue weighted by Crippen LogP contribution is 2.21. The van der Waals surface area contributed by atoms with E-state index >= 15 is 0 Å². The molecule has 26 heavy (non-hydrogen) atoms. The van der Waals surface area contributed by atoms with Crippen LogP contribution in [0.2, 0.25) is 5.02 Å². The van der Waals surface area contributed by atoms with Gasteiger partial charge in [-0.1, -0.05) is 35.9 Å². The van der Waals surface area contributed by atoms with E-state index < -0.39 is 10.0 Å². The van der Waals surface area contributed by atoms with Gasteiger partial charge in [0.1, 0.15) is 5.75 Å². The standard InChI is InChI=1S/C18H21ClN2O4S/c1-25-17-9-4-3-6-14(17)13-21(26(2,23)24)11-10-18(22)20-16-8-5-7-15(19)12-16/h3-9,12H,10-11,13H2,1-2H3,(H,20,22). The van der Waals surface area contributed by atoms with Crippen molar-refractivity contribution in [3.8, 4) is 5.75 Å². The molecule has 2 aromatic carbocycles. The molecule has 0 aliphatic heterocycles. The lowest BCUT2D eigenvalue weighted by Gasteiger charge is -2.21. The highest BCUT2D eigenvalue weighted by Gasteiger charge is 2.20. The molecular formula is C18H21ClN2O4S. The van der Waals surface area contributed by atoms with E-state index in [9.17, 15) is 13.2 Å². The lowest BCUT2D eigenvalue weighted by molar-refractivity contribution is -0.116. The number of rotatable bonds is 8. The van der Waals surface area contributed by atoms with Crippen LogP contribution in [-0.2, 0) is 21.4 Å². The van der Waals surface area contributed by atoms with Crippen molar-refractivity contribution >= 4 is 33.2 Å². The summed E-state index contributed by atoms with van der Waals surface area (Å²) in [7, 11) is -1.96. The third-order valence-corrected chi connectivity index (χ3v) is 5.19. The zero-order valence-electron chi connectivity index (χ0n) is 14.6. The molecule has 0 radical (unpaired) electrons. The Labute approximate surface area is 158 Å². The van der Waals surface area contributed by atoms with Crippen LogP contribution in [0.3, 0.4) is 0 Å². The van der Waals surface area contributed by atoms with Crippen LogP contribution in [0.5, 0.6) is 5.75 Å². The SMILES string of the molecule is COc1ccccc1CN(CCC(=O)Nc1cccc(Cl)c1)S(C)(=O)=O. The first kappa shape index (κ1) is 20.2. The molecule has 0 saturated heterocycles. The van der Waals surface area contributed by atoms with Gasteiger partial charge in [-0.2, -0.15) is 4.31 Å². The van der Waals surface area contributed by atoms with E-state index in [4.69, 9.17) is 16.3 Å². The van der Waals surface area contributed by atoms with Gasteiger partial charge in [-0.15, -0.1) is 0 Å². The summed E-state index contributed by atoms with van der Waals surface area (Å²) < 4.78 is 30.7. The number of amides is 1. The molecule has 0 spiro atoms. The molecule has 1 N–H and O–H groups in total. The Hall–Kier alpha value is -2.09. The van der Waals surface area contributed by atoms with Crippen LogP contribution in [0.4, 0.5) is 5.69 Å². The molecule has 0 aromatic heterocycles. The minimum Gasteiger partial charge on any atom is -0.496 e. The lowest BCUT2D eigenvalue weighted by atomic mass is 10.2. The molecule has 0 atom stereocenters. The summed E-state index contributed by atoms with van der Waals surface area (Å²) in [4.78, 5) is 12.1. The van der Waals surface area contributed by atoms with E-state index in [-0.39, 0.29) is 25.4 Å². The number of para-hydroxylation sites is 1. The largest absolute Gasteiger partial charge is 0.496 e. The summed E-state index contributed by atoms with van der Waals surface area (Å²) in [5.41, 5.74) is 1.30. The van der Waals surface area contributed by atoms with Crippen LogP contribution in [0, 0.1) is 0 Å². The minimum atomic E-state index is -3.49. The molecule has 1 amide bonds. The smallest absolute Gasteiger partial charge is 0.225 e. The van der Waals surface area contributed by atoms with Crippen molar-refractivity contribution in [2.24, 2.45) is 0 Å².